The number of aryl methyl sites for hydroxylation is 1. The fourth-order valence-corrected chi connectivity index (χ4v) is 2.66. The van der Waals surface area contributed by atoms with E-state index in [4.69, 9.17) is 5.11 Å². The summed E-state index contributed by atoms with van der Waals surface area (Å²) in [6.07, 6.45) is 1.78. The van der Waals surface area contributed by atoms with Crippen molar-refractivity contribution in [2.75, 3.05) is 32.1 Å². The number of carbonyl (C=O) groups is 1. The number of likely N-dealkylation sites (tertiary alicyclic amines) is 1. The van der Waals surface area contributed by atoms with E-state index in [0.29, 0.717) is 5.92 Å². The third-order valence-electron chi connectivity index (χ3n) is 3.79. The van der Waals surface area contributed by atoms with Gasteiger partial charge < -0.3 is 15.3 Å². The maximum Gasteiger partial charge on any atom is 0.255 e. The first kappa shape index (κ1) is 13.9. The van der Waals surface area contributed by atoms with Crippen LogP contribution in [0.15, 0.2) is 18.2 Å². The van der Waals surface area contributed by atoms with Crippen LogP contribution in [0.1, 0.15) is 28.8 Å². The monoisotopic (exact) mass is 262 g/mol. The second-order valence-corrected chi connectivity index (χ2v) is 5.22. The number of rotatable bonds is 4. The van der Waals surface area contributed by atoms with Crippen LogP contribution in [0.4, 0.5) is 5.69 Å². The largest absolute Gasteiger partial charge is 0.396 e. The molecular weight excluding hydrogens is 240 g/mol. The second-order valence-electron chi connectivity index (χ2n) is 5.22. The second kappa shape index (κ2) is 6.06. The van der Waals surface area contributed by atoms with E-state index in [9.17, 15) is 4.79 Å². The minimum absolute atomic E-state index is 0.0878. The molecule has 104 valence electrons. The number of hydrogen-bond donors (Lipinski definition) is 2. The lowest BCUT2D eigenvalue weighted by molar-refractivity contribution is 0.0785. The topological polar surface area (TPSA) is 52.6 Å². The van der Waals surface area contributed by atoms with Crippen LogP contribution >= 0.6 is 0 Å². The third kappa shape index (κ3) is 3.07. The molecule has 0 spiro atoms. The molecule has 0 bridgehead atoms. The van der Waals surface area contributed by atoms with Crippen LogP contribution in [0.5, 0.6) is 0 Å². The van der Waals surface area contributed by atoms with Gasteiger partial charge in [-0.3, -0.25) is 4.79 Å². The Kier molecular flexibility index (Phi) is 4.43. The van der Waals surface area contributed by atoms with Gasteiger partial charge in [-0.05, 0) is 43.4 Å². The van der Waals surface area contributed by atoms with Crippen LogP contribution in [-0.4, -0.2) is 42.7 Å². The summed E-state index contributed by atoms with van der Waals surface area (Å²) in [6, 6.07) is 5.85. The lowest BCUT2D eigenvalue weighted by atomic mass is 10.1. The van der Waals surface area contributed by atoms with Gasteiger partial charge in [-0.1, -0.05) is 6.07 Å². The van der Waals surface area contributed by atoms with Crippen molar-refractivity contribution in [3.05, 3.63) is 29.3 Å². The number of carbonyl (C=O) groups excluding carboxylic acids is 1. The van der Waals surface area contributed by atoms with Gasteiger partial charge in [0.25, 0.3) is 5.91 Å². The maximum absolute atomic E-state index is 12.5. The lowest BCUT2D eigenvalue weighted by Crippen LogP contribution is -2.29. The molecule has 1 amide bonds. The molecule has 2 N–H and O–H groups in total. The highest BCUT2D eigenvalue weighted by molar-refractivity contribution is 5.99. The number of aliphatic hydroxyl groups is 1. The number of hydrogen-bond acceptors (Lipinski definition) is 3. The standard InChI is InChI=1S/C15H22N2O2/c1-11-3-4-13(14(9-11)16-2)15(19)17-7-5-12(10-17)6-8-18/h3-4,9,12,16,18H,5-8,10H2,1-2H3. The van der Waals surface area contributed by atoms with Gasteiger partial charge in [0, 0.05) is 32.4 Å². The summed E-state index contributed by atoms with van der Waals surface area (Å²) in [5.41, 5.74) is 2.76. The number of anilines is 1. The molecule has 1 aromatic carbocycles. The Bertz CT molecular complexity index is 459. The SMILES string of the molecule is CNc1cc(C)ccc1C(=O)N1CCC(CCO)C1. The average Bonchev–Trinajstić information content (AvgIpc) is 2.87. The van der Waals surface area contributed by atoms with E-state index in [1.807, 2.05) is 37.1 Å². The zero-order valence-corrected chi connectivity index (χ0v) is 11.6. The van der Waals surface area contributed by atoms with Crippen molar-refractivity contribution < 1.29 is 9.90 Å². The minimum atomic E-state index is 0.0878. The third-order valence-corrected chi connectivity index (χ3v) is 3.79. The smallest absolute Gasteiger partial charge is 0.255 e. The zero-order valence-electron chi connectivity index (χ0n) is 11.6. The van der Waals surface area contributed by atoms with Crippen LogP contribution in [0, 0.1) is 12.8 Å². The molecule has 0 saturated carbocycles. The molecule has 2 rings (SSSR count). The lowest BCUT2D eigenvalue weighted by Gasteiger charge is -2.18. The molecule has 1 heterocycles. The number of aliphatic hydroxyl groups excluding tert-OH is 1. The number of amides is 1. The van der Waals surface area contributed by atoms with Crippen LogP contribution in [0.2, 0.25) is 0 Å². The van der Waals surface area contributed by atoms with Crippen LogP contribution in [0.3, 0.4) is 0 Å². The first-order valence-corrected chi connectivity index (χ1v) is 6.84. The van der Waals surface area contributed by atoms with Crippen molar-refractivity contribution in [1.29, 1.82) is 0 Å². The van der Waals surface area contributed by atoms with Gasteiger partial charge in [-0.25, -0.2) is 0 Å². The summed E-state index contributed by atoms with van der Waals surface area (Å²) in [5.74, 6) is 0.530. The Morgan fingerprint density at radius 1 is 1.53 bits per heavy atom. The van der Waals surface area contributed by atoms with E-state index < -0.39 is 0 Å². The van der Waals surface area contributed by atoms with Crippen molar-refractivity contribution in [3.8, 4) is 0 Å². The van der Waals surface area contributed by atoms with Crippen molar-refractivity contribution >= 4 is 11.6 Å². The molecule has 0 radical (unpaired) electrons. The molecule has 0 aliphatic carbocycles. The van der Waals surface area contributed by atoms with Crippen molar-refractivity contribution in [2.24, 2.45) is 5.92 Å². The van der Waals surface area contributed by atoms with Gasteiger partial charge in [0.15, 0.2) is 0 Å². The molecule has 1 unspecified atom stereocenters. The molecule has 4 nitrogen and oxygen atoms in total. The normalized spacial score (nSPS) is 18.7. The average molecular weight is 262 g/mol. The van der Waals surface area contributed by atoms with E-state index in [1.165, 1.54) is 0 Å². The highest BCUT2D eigenvalue weighted by Crippen LogP contribution is 2.24. The molecular formula is C15H22N2O2. The summed E-state index contributed by atoms with van der Waals surface area (Å²) in [7, 11) is 1.84. The molecule has 1 aromatic rings. The van der Waals surface area contributed by atoms with Gasteiger partial charge in [0.05, 0.1) is 5.56 Å². The first-order chi connectivity index (χ1) is 9.15. The van der Waals surface area contributed by atoms with Gasteiger partial charge in [-0.2, -0.15) is 0 Å². The van der Waals surface area contributed by atoms with Gasteiger partial charge in [0.2, 0.25) is 0 Å². The molecule has 19 heavy (non-hydrogen) atoms. The van der Waals surface area contributed by atoms with Gasteiger partial charge in [-0.15, -0.1) is 0 Å². The Hall–Kier alpha value is -1.55. The Balaban J connectivity index is 2.12. The Labute approximate surface area is 114 Å². The summed E-state index contributed by atoms with van der Waals surface area (Å²) in [6.45, 7) is 3.78. The molecule has 1 fully saturated rings. The highest BCUT2D eigenvalue weighted by atomic mass is 16.3. The molecule has 1 atom stereocenters. The predicted octanol–water partition coefficient (Wildman–Crippen LogP) is 1.88. The van der Waals surface area contributed by atoms with Crippen LogP contribution in [-0.2, 0) is 0 Å². The summed E-state index contributed by atoms with van der Waals surface area (Å²) < 4.78 is 0. The zero-order chi connectivity index (χ0) is 13.8. The van der Waals surface area contributed by atoms with E-state index in [-0.39, 0.29) is 12.5 Å². The molecule has 1 aliphatic heterocycles. The van der Waals surface area contributed by atoms with Gasteiger partial charge in [0.1, 0.15) is 0 Å². The number of nitrogens with one attached hydrogen (secondary N) is 1. The fourth-order valence-electron chi connectivity index (χ4n) is 2.66. The van der Waals surface area contributed by atoms with Gasteiger partial charge >= 0.3 is 0 Å². The number of benzene rings is 1. The Morgan fingerprint density at radius 3 is 3.00 bits per heavy atom. The number of nitrogens with zero attached hydrogens (tertiary/aromatic N) is 1. The predicted molar refractivity (Wildman–Crippen MR) is 76.4 cm³/mol. The molecule has 1 saturated heterocycles. The van der Waals surface area contributed by atoms with E-state index in [0.717, 1.165) is 42.7 Å². The van der Waals surface area contributed by atoms with Crippen LogP contribution in [0.25, 0.3) is 0 Å². The van der Waals surface area contributed by atoms with E-state index in [2.05, 4.69) is 5.32 Å². The molecule has 4 heteroatoms. The van der Waals surface area contributed by atoms with E-state index in [1.54, 1.807) is 0 Å². The quantitative estimate of drug-likeness (QED) is 0.871. The summed E-state index contributed by atoms with van der Waals surface area (Å²) in [4.78, 5) is 14.4. The Morgan fingerprint density at radius 2 is 2.32 bits per heavy atom. The van der Waals surface area contributed by atoms with Crippen molar-refractivity contribution in [2.45, 2.75) is 19.8 Å². The maximum atomic E-state index is 12.5. The first-order valence-electron chi connectivity index (χ1n) is 6.84. The molecule has 1 aliphatic rings. The summed E-state index contributed by atoms with van der Waals surface area (Å²) >= 11 is 0. The fraction of sp³-hybridized carbons (Fsp3) is 0.533. The van der Waals surface area contributed by atoms with Crippen molar-refractivity contribution in [1.82, 2.24) is 4.90 Å². The highest BCUT2D eigenvalue weighted by Gasteiger charge is 2.27. The van der Waals surface area contributed by atoms with Crippen LogP contribution < -0.4 is 5.32 Å². The minimum Gasteiger partial charge on any atom is -0.396 e. The van der Waals surface area contributed by atoms with E-state index >= 15 is 0 Å². The molecule has 0 aromatic heterocycles. The summed E-state index contributed by atoms with van der Waals surface area (Å²) in [5, 5.41) is 12.1. The van der Waals surface area contributed by atoms with Crippen molar-refractivity contribution in [3.63, 3.8) is 0 Å².